The summed E-state index contributed by atoms with van der Waals surface area (Å²) in [5.74, 6) is -1.08. The van der Waals surface area contributed by atoms with Gasteiger partial charge in [-0.05, 0) is 26.2 Å². The van der Waals surface area contributed by atoms with Crippen LogP contribution in [0, 0.1) is 5.41 Å². The molecule has 2 rings (SSSR count). The molecule has 1 saturated carbocycles. The van der Waals surface area contributed by atoms with Crippen molar-refractivity contribution in [1.29, 1.82) is 0 Å². The van der Waals surface area contributed by atoms with E-state index in [4.69, 9.17) is 5.11 Å². The van der Waals surface area contributed by atoms with Gasteiger partial charge in [0.2, 0.25) is 11.8 Å². The molecule has 0 radical (unpaired) electrons. The van der Waals surface area contributed by atoms with Crippen molar-refractivity contribution >= 4 is 17.8 Å². The van der Waals surface area contributed by atoms with E-state index in [-0.39, 0.29) is 24.3 Å². The third-order valence-corrected chi connectivity index (χ3v) is 4.21. The second-order valence-corrected chi connectivity index (χ2v) is 5.51. The van der Waals surface area contributed by atoms with Crippen molar-refractivity contribution in [1.82, 2.24) is 4.90 Å². The predicted octanol–water partition coefficient (Wildman–Crippen LogP) is 1.56. The van der Waals surface area contributed by atoms with Crippen LogP contribution in [0.4, 0.5) is 0 Å². The first-order chi connectivity index (χ1) is 8.46. The minimum absolute atomic E-state index is 0.00870. The standard InChI is InChI=1S/C13H19NO4/c1-9(4-5-11(16)17)14-10(15)8-13(12(14)18)6-2-3-7-13/h9H,2-8H2,1H3,(H,16,17). The number of hydrogen-bond acceptors (Lipinski definition) is 3. The molecule has 0 bridgehead atoms. The van der Waals surface area contributed by atoms with Crippen molar-refractivity contribution in [3.8, 4) is 0 Å². The molecule has 1 unspecified atom stereocenters. The van der Waals surface area contributed by atoms with Crippen LogP contribution in [-0.2, 0) is 14.4 Å². The van der Waals surface area contributed by atoms with Gasteiger partial charge >= 0.3 is 5.97 Å². The fraction of sp³-hybridized carbons (Fsp3) is 0.769. The second kappa shape index (κ2) is 4.71. The highest BCUT2D eigenvalue weighted by Crippen LogP contribution is 2.47. The largest absolute Gasteiger partial charge is 0.481 e. The lowest BCUT2D eigenvalue weighted by Crippen LogP contribution is -2.40. The Morgan fingerprint density at radius 2 is 2.00 bits per heavy atom. The fourth-order valence-electron chi connectivity index (χ4n) is 3.17. The number of carboxylic acids is 1. The zero-order valence-corrected chi connectivity index (χ0v) is 10.6. The zero-order valence-electron chi connectivity index (χ0n) is 10.6. The highest BCUT2D eigenvalue weighted by molar-refractivity contribution is 6.06. The van der Waals surface area contributed by atoms with E-state index in [0.717, 1.165) is 25.7 Å². The lowest BCUT2D eigenvalue weighted by atomic mass is 9.84. The Labute approximate surface area is 106 Å². The molecular weight excluding hydrogens is 234 g/mol. The molecule has 0 aromatic rings. The van der Waals surface area contributed by atoms with Gasteiger partial charge in [0.15, 0.2) is 0 Å². The van der Waals surface area contributed by atoms with Crippen LogP contribution < -0.4 is 0 Å². The maximum atomic E-state index is 12.4. The van der Waals surface area contributed by atoms with Crippen LogP contribution in [-0.4, -0.2) is 33.8 Å². The Kier molecular flexibility index (Phi) is 3.41. The zero-order chi connectivity index (χ0) is 13.3. The van der Waals surface area contributed by atoms with Crippen LogP contribution in [0.3, 0.4) is 0 Å². The third-order valence-electron chi connectivity index (χ3n) is 4.21. The molecule has 2 amide bonds. The summed E-state index contributed by atoms with van der Waals surface area (Å²) in [6, 6.07) is -0.305. The molecule has 0 aromatic carbocycles. The number of carboxylic acid groups (broad SMARTS) is 1. The number of carbonyl (C=O) groups is 3. The predicted molar refractivity (Wildman–Crippen MR) is 63.7 cm³/mol. The molecule has 2 fully saturated rings. The van der Waals surface area contributed by atoms with E-state index in [2.05, 4.69) is 0 Å². The Morgan fingerprint density at radius 3 is 2.56 bits per heavy atom. The molecule has 18 heavy (non-hydrogen) atoms. The van der Waals surface area contributed by atoms with Crippen molar-refractivity contribution < 1.29 is 19.5 Å². The highest BCUT2D eigenvalue weighted by atomic mass is 16.4. The van der Waals surface area contributed by atoms with Crippen LogP contribution in [0.2, 0.25) is 0 Å². The molecule has 1 heterocycles. The second-order valence-electron chi connectivity index (χ2n) is 5.51. The van der Waals surface area contributed by atoms with Gasteiger partial charge in [-0.1, -0.05) is 12.8 Å². The molecule has 1 spiro atoms. The Hall–Kier alpha value is -1.39. The first kappa shape index (κ1) is 13.1. The molecule has 5 heteroatoms. The van der Waals surface area contributed by atoms with Crippen LogP contribution >= 0.6 is 0 Å². The minimum atomic E-state index is -0.892. The third kappa shape index (κ3) is 2.13. The lowest BCUT2D eigenvalue weighted by molar-refractivity contribution is -0.145. The quantitative estimate of drug-likeness (QED) is 0.771. The van der Waals surface area contributed by atoms with Gasteiger partial charge < -0.3 is 5.11 Å². The summed E-state index contributed by atoms with van der Waals surface area (Å²) in [5.41, 5.74) is -0.450. The van der Waals surface area contributed by atoms with Gasteiger partial charge in [0.25, 0.3) is 0 Å². The minimum Gasteiger partial charge on any atom is -0.481 e. The van der Waals surface area contributed by atoms with Gasteiger partial charge in [-0.25, -0.2) is 0 Å². The molecule has 1 saturated heterocycles. The first-order valence-corrected chi connectivity index (χ1v) is 6.54. The molecule has 1 N–H and O–H groups in total. The molecule has 5 nitrogen and oxygen atoms in total. The normalized spacial score (nSPS) is 23.9. The number of nitrogens with zero attached hydrogens (tertiary/aromatic N) is 1. The van der Waals surface area contributed by atoms with Gasteiger partial charge in [-0.3, -0.25) is 19.3 Å². The Balaban J connectivity index is 2.07. The number of rotatable bonds is 4. The number of carbonyl (C=O) groups excluding carboxylic acids is 2. The van der Waals surface area contributed by atoms with Crippen LogP contribution in [0.15, 0.2) is 0 Å². The van der Waals surface area contributed by atoms with E-state index in [1.807, 2.05) is 0 Å². The van der Waals surface area contributed by atoms with Crippen molar-refractivity contribution in [2.75, 3.05) is 0 Å². The van der Waals surface area contributed by atoms with Gasteiger partial charge in [0.05, 0.1) is 5.41 Å². The number of aliphatic carboxylic acids is 1. The van der Waals surface area contributed by atoms with E-state index in [9.17, 15) is 14.4 Å². The maximum Gasteiger partial charge on any atom is 0.303 e. The SMILES string of the molecule is CC(CCC(=O)O)N1C(=O)CC2(CCCC2)C1=O. The summed E-state index contributed by atoms with van der Waals surface area (Å²) in [6.07, 6.45) is 4.28. The monoisotopic (exact) mass is 253 g/mol. The van der Waals surface area contributed by atoms with Crippen LogP contribution in [0.1, 0.15) is 51.9 Å². The summed E-state index contributed by atoms with van der Waals surface area (Å²) in [5, 5.41) is 8.65. The summed E-state index contributed by atoms with van der Waals surface area (Å²) in [4.78, 5) is 36.2. The average Bonchev–Trinajstić information content (AvgIpc) is 2.84. The van der Waals surface area contributed by atoms with Gasteiger partial charge in [-0.15, -0.1) is 0 Å². The van der Waals surface area contributed by atoms with Crippen LogP contribution in [0.5, 0.6) is 0 Å². The molecule has 1 aliphatic carbocycles. The molecule has 1 atom stereocenters. The Bertz CT molecular complexity index is 384. The molecule has 2 aliphatic rings. The molecule has 0 aromatic heterocycles. The summed E-state index contributed by atoms with van der Waals surface area (Å²) < 4.78 is 0. The molecular formula is C13H19NO4. The van der Waals surface area contributed by atoms with Crippen LogP contribution in [0.25, 0.3) is 0 Å². The van der Waals surface area contributed by atoms with E-state index in [1.54, 1.807) is 6.92 Å². The van der Waals surface area contributed by atoms with Crippen molar-refractivity contribution in [2.45, 2.75) is 57.9 Å². The van der Waals surface area contributed by atoms with Gasteiger partial charge in [-0.2, -0.15) is 0 Å². The Morgan fingerprint density at radius 1 is 1.39 bits per heavy atom. The first-order valence-electron chi connectivity index (χ1n) is 6.54. The van der Waals surface area contributed by atoms with E-state index >= 15 is 0 Å². The number of amides is 2. The average molecular weight is 253 g/mol. The van der Waals surface area contributed by atoms with E-state index in [1.165, 1.54) is 4.90 Å². The summed E-state index contributed by atoms with van der Waals surface area (Å²) in [6.45, 7) is 1.76. The topological polar surface area (TPSA) is 74.7 Å². The molecule has 1 aliphatic heterocycles. The summed E-state index contributed by atoms with van der Waals surface area (Å²) in [7, 11) is 0. The van der Waals surface area contributed by atoms with E-state index < -0.39 is 11.4 Å². The highest BCUT2D eigenvalue weighted by Gasteiger charge is 2.53. The van der Waals surface area contributed by atoms with E-state index in [0.29, 0.717) is 12.8 Å². The van der Waals surface area contributed by atoms with Gasteiger partial charge in [0.1, 0.15) is 0 Å². The lowest BCUT2D eigenvalue weighted by Gasteiger charge is -2.25. The molecule has 100 valence electrons. The van der Waals surface area contributed by atoms with Crippen molar-refractivity contribution in [3.63, 3.8) is 0 Å². The van der Waals surface area contributed by atoms with Gasteiger partial charge in [0, 0.05) is 18.9 Å². The smallest absolute Gasteiger partial charge is 0.303 e. The summed E-state index contributed by atoms with van der Waals surface area (Å²) >= 11 is 0. The maximum absolute atomic E-state index is 12.4. The number of hydrogen-bond donors (Lipinski definition) is 1. The number of imide groups is 1. The van der Waals surface area contributed by atoms with Crippen molar-refractivity contribution in [2.24, 2.45) is 5.41 Å². The fourth-order valence-corrected chi connectivity index (χ4v) is 3.17. The number of likely N-dealkylation sites (tertiary alicyclic amines) is 1. The van der Waals surface area contributed by atoms with Crippen molar-refractivity contribution in [3.05, 3.63) is 0 Å².